The summed E-state index contributed by atoms with van der Waals surface area (Å²) in [5.74, 6) is 0. The summed E-state index contributed by atoms with van der Waals surface area (Å²) >= 11 is 0. The van der Waals surface area contributed by atoms with Crippen molar-refractivity contribution in [3.63, 3.8) is 0 Å². The number of rotatable bonds is 7. The molecule has 1 saturated heterocycles. The molecule has 178 valence electrons. The number of benzene rings is 2. The predicted molar refractivity (Wildman–Crippen MR) is 122 cm³/mol. The highest BCUT2D eigenvalue weighted by Gasteiger charge is 2.30. The SMILES string of the molecule is CN(C(=O)N(C)C(CN1CCOCC1)c1ccccc1)c1ccc(S(N)(=O)=O)cc1[N+](=O)[O-]. The lowest BCUT2D eigenvalue weighted by Gasteiger charge is -2.36. The number of ether oxygens (including phenoxy) is 1. The van der Waals surface area contributed by atoms with E-state index in [9.17, 15) is 23.3 Å². The predicted octanol–water partition coefficient (Wildman–Crippen LogP) is 1.80. The number of morpholine rings is 1. The van der Waals surface area contributed by atoms with Crippen molar-refractivity contribution >= 4 is 27.4 Å². The van der Waals surface area contributed by atoms with E-state index >= 15 is 0 Å². The first kappa shape index (κ1) is 24.6. The Hall–Kier alpha value is -3.06. The molecule has 3 rings (SSSR count). The summed E-state index contributed by atoms with van der Waals surface area (Å²) in [6, 6.07) is 11.9. The highest BCUT2D eigenvalue weighted by atomic mass is 32.2. The Morgan fingerprint density at radius 1 is 1.18 bits per heavy atom. The molecule has 2 aromatic carbocycles. The van der Waals surface area contributed by atoms with Crippen LogP contribution in [-0.4, -0.2) is 76.1 Å². The highest BCUT2D eigenvalue weighted by Crippen LogP contribution is 2.32. The summed E-state index contributed by atoms with van der Waals surface area (Å²) < 4.78 is 28.7. The summed E-state index contributed by atoms with van der Waals surface area (Å²) in [5.41, 5.74) is 0.352. The molecule has 1 aliphatic heterocycles. The zero-order valence-electron chi connectivity index (χ0n) is 18.5. The van der Waals surface area contributed by atoms with Gasteiger partial charge in [0.15, 0.2) is 0 Å². The van der Waals surface area contributed by atoms with Gasteiger partial charge in [0.05, 0.1) is 29.1 Å². The van der Waals surface area contributed by atoms with E-state index in [1.807, 2.05) is 30.3 Å². The van der Waals surface area contributed by atoms with Gasteiger partial charge in [-0.25, -0.2) is 18.4 Å². The number of likely N-dealkylation sites (N-methyl/N-ethyl adjacent to an activating group) is 1. The number of carbonyl (C=O) groups excluding carboxylic acids is 1. The third-order valence-electron chi connectivity index (χ3n) is 5.61. The van der Waals surface area contributed by atoms with Crippen LogP contribution in [0.15, 0.2) is 53.4 Å². The molecule has 1 aliphatic rings. The molecule has 2 N–H and O–H groups in total. The molecule has 0 saturated carbocycles. The third kappa shape index (κ3) is 5.85. The van der Waals surface area contributed by atoms with Gasteiger partial charge >= 0.3 is 6.03 Å². The number of hydrogen-bond donors (Lipinski definition) is 1. The Balaban J connectivity index is 1.91. The number of amides is 2. The van der Waals surface area contributed by atoms with Gasteiger partial charge in [0.2, 0.25) is 10.0 Å². The van der Waals surface area contributed by atoms with Crippen LogP contribution in [0.4, 0.5) is 16.2 Å². The van der Waals surface area contributed by atoms with E-state index in [0.29, 0.717) is 19.8 Å². The summed E-state index contributed by atoms with van der Waals surface area (Å²) in [4.78, 5) is 28.7. The number of anilines is 1. The zero-order valence-corrected chi connectivity index (χ0v) is 19.3. The fourth-order valence-corrected chi connectivity index (χ4v) is 4.27. The fourth-order valence-electron chi connectivity index (χ4n) is 3.74. The van der Waals surface area contributed by atoms with Crippen LogP contribution in [-0.2, 0) is 14.8 Å². The number of nitrogens with two attached hydrogens (primary N) is 1. The summed E-state index contributed by atoms with van der Waals surface area (Å²) in [5, 5.41) is 16.7. The third-order valence-corrected chi connectivity index (χ3v) is 6.52. The standard InChI is InChI=1S/C21H27N5O6S/c1-23(18-9-8-17(33(22,30)31)14-19(18)26(28)29)21(27)24(2)20(16-6-4-3-5-7-16)15-25-10-12-32-13-11-25/h3-9,14,20H,10-13,15H2,1-2H3,(H2,22,30,31). The minimum atomic E-state index is -4.14. The van der Waals surface area contributed by atoms with Gasteiger partial charge in [-0.1, -0.05) is 30.3 Å². The van der Waals surface area contributed by atoms with Gasteiger partial charge < -0.3 is 9.64 Å². The molecule has 0 aromatic heterocycles. The first-order valence-electron chi connectivity index (χ1n) is 10.3. The van der Waals surface area contributed by atoms with Crippen LogP contribution in [0.5, 0.6) is 0 Å². The molecule has 1 unspecified atom stereocenters. The maximum absolute atomic E-state index is 13.4. The van der Waals surface area contributed by atoms with E-state index in [4.69, 9.17) is 9.88 Å². The molecule has 0 aliphatic carbocycles. The van der Waals surface area contributed by atoms with Crippen molar-refractivity contribution in [2.24, 2.45) is 5.14 Å². The number of nitrogens with zero attached hydrogens (tertiary/aromatic N) is 4. The van der Waals surface area contributed by atoms with Crippen LogP contribution in [0, 0.1) is 10.1 Å². The van der Waals surface area contributed by atoms with E-state index in [-0.39, 0.29) is 11.7 Å². The summed E-state index contributed by atoms with van der Waals surface area (Å²) in [7, 11) is -1.09. The van der Waals surface area contributed by atoms with Gasteiger partial charge in [0.25, 0.3) is 5.69 Å². The molecule has 2 amide bonds. The fraction of sp³-hybridized carbons (Fsp3) is 0.381. The number of nitro benzene ring substituents is 1. The van der Waals surface area contributed by atoms with E-state index in [1.54, 1.807) is 7.05 Å². The normalized spacial score (nSPS) is 15.6. The van der Waals surface area contributed by atoms with Gasteiger partial charge in [-0.3, -0.25) is 19.9 Å². The summed E-state index contributed by atoms with van der Waals surface area (Å²) in [6.07, 6.45) is 0. The smallest absolute Gasteiger partial charge is 0.324 e. The molecule has 12 heteroatoms. The van der Waals surface area contributed by atoms with Crippen LogP contribution in [0.25, 0.3) is 0 Å². The average Bonchev–Trinajstić information content (AvgIpc) is 2.81. The maximum Gasteiger partial charge on any atom is 0.324 e. The second kappa shape index (κ2) is 10.3. The lowest BCUT2D eigenvalue weighted by molar-refractivity contribution is -0.384. The van der Waals surface area contributed by atoms with E-state index < -0.39 is 31.6 Å². The van der Waals surface area contributed by atoms with Gasteiger partial charge in [-0.2, -0.15) is 0 Å². The number of sulfonamides is 1. The molecule has 33 heavy (non-hydrogen) atoms. The van der Waals surface area contributed by atoms with Crippen LogP contribution in [0.3, 0.4) is 0 Å². The first-order valence-corrected chi connectivity index (χ1v) is 11.8. The van der Waals surface area contributed by atoms with Crippen molar-refractivity contribution in [3.8, 4) is 0 Å². The lowest BCUT2D eigenvalue weighted by Crippen LogP contribution is -2.47. The molecule has 0 spiro atoms. The zero-order chi connectivity index (χ0) is 24.2. The van der Waals surface area contributed by atoms with Crippen LogP contribution in [0.1, 0.15) is 11.6 Å². The number of hydrogen-bond acceptors (Lipinski definition) is 7. The molecule has 1 fully saturated rings. The Kier molecular flexibility index (Phi) is 7.64. The number of primary sulfonamides is 1. The molecule has 1 heterocycles. The first-order chi connectivity index (χ1) is 15.6. The average molecular weight is 478 g/mol. The monoisotopic (exact) mass is 477 g/mol. The molecular weight excluding hydrogens is 450 g/mol. The van der Waals surface area contributed by atoms with Crippen molar-refractivity contribution < 1.29 is 22.9 Å². The van der Waals surface area contributed by atoms with Crippen molar-refractivity contribution in [2.75, 3.05) is 51.8 Å². The molecule has 1 atom stereocenters. The number of urea groups is 1. The lowest BCUT2D eigenvalue weighted by atomic mass is 10.0. The molecule has 0 bridgehead atoms. The van der Waals surface area contributed by atoms with Gasteiger partial charge in [0.1, 0.15) is 5.69 Å². The topological polar surface area (TPSA) is 139 Å². The van der Waals surface area contributed by atoms with Crippen molar-refractivity contribution in [3.05, 3.63) is 64.2 Å². The second-order valence-corrected chi connectivity index (χ2v) is 9.31. The summed E-state index contributed by atoms with van der Waals surface area (Å²) in [6.45, 7) is 3.27. The highest BCUT2D eigenvalue weighted by molar-refractivity contribution is 7.89. The van der Waals surface area contributed by atoms with Crippen LogP contribution < -0.4 is 10.0 Å². The van der Waals surface area contributed by atoms with Crippen molar-refractivity contribution in [1.82, 2.24) is 9.80 Å². The van der Waals surface area contributed by atoms with Crippen molar-refractivity contribution in [1.29, 1.82) is 0 Å². The minimum absolute atomic E-state index is 0.0394. The Bertz CT molecular complexity index is 1110. The maximum atomic E-state index is 13.4. The van der Waals surface area contributed by atoms with E-state index in [2.05, 4.69) is 4.90 Å². The van der Waals surface area contributed by atoms with Gasteiger partial charge in [-0.05, 0) is 17.7 Å². The quantitative estimate of drug-likeness (QED) is 0.474. The minimum Gasteiger partial charge on any atom is -0.379 e. The van der Waals surface area contributed by atoms with E-state index in [0.717, 1.165) is 35.7 Å². The Morgan fingerprint density at radius 2 is 1.82 bits per heavy atom. The molecule has 11 nitrogen and oxygen atoms in total. The van der Waals surface area contributed by atoms with Crippen LogP contribution >= 0.6 is 0 Å². The second-order valence-electron chi connectivity index (χ2n) is 7.74. The molecular formula is C21H27N5O6S. The molecule has 0 radical (unpaired) electrons. The van der Waals surface area contributed by atoms with Gasteiger partial charge in [0, 0.05) is 39.8 Å². The van der Waals surface area contributed by atoms with Gasteiger partial charge in [-0.15, -0.1) is 0 Å². The number of nitro groups is 1. The largest absolute Gasteiger partial charge is 0.379 e. The Labute approximate surface area is 192 Å². The van der Waals surface area contributed by atoms with Crippen LogP contribution in [0.2, 0.25) is 0 Å². The van der Waals surface area contributed by atoms with Crippen molar-refractivity contribution in [2.45, 2.75) is 10.9 Å². The number of carbonyl (C=O) groups is 1. The molecule has 2 aromatic rings. The van der Waals surface area contributed by atoms with E-state index in [1.165, 1.54) is 18.0 Å². The Morgan fingerprint density at radius 3 is 2.39 bits per heavy atom.